The molecule has 3 aromatic carbocycles. The standard InChI is InChI=1S/C30H32N2O3P/c1-2-22-35-30(34)31-20-18-24(23-31)32-21-19-28(29(32)33)36(25-12-6-3-7-13-25,26-14-8-4-9-15-26)27-16-10-5-11-17-27/h2-17,24,28H,1,18-23H2/q+1/t24-,28?/m1/s1. The van der Waals surface area contributed by atoms with E-state index >= 15 is 0 Å². The van der Waals surface area contributed by atoms with Gasteiger partial charge in [0.1, 0.15) is 29.8 Å². The zero-order valence-electron chi connectivity index (χ0n) is 20.4. The van der Waals surface area contributed by atoms with Gasteiger partial charge in [-0.15, -0.1) is 0 Å². The van der Waals surface area contributed by atoms with E-state index in [-0.39, 0.29) is 30.3 Å². The number of hydrogen-bond acceptors (Lipinski definition) is 3. The van der Waals surface area contributed by atoms with Crippen LogP contribution in [0.1, 0.15) is 12.8 Å². The first kappa shape index (κ1) is 24.3. The first-order valence-electron chi connectivity index (χ1n) is 12.5. The fraction of sp³-hybridized carbons (Fsp3) is 0.267. The Balaban J connectivity index is 1.53. The highest BCUT2D eigenvalue weighted by Crippen LogP contribution is 2.62. The van der Waals surface area contributed by atoms with Crippen LogP contribution in [0.25, 0.3) is 0 Å². The molecule has 184 valence electrons. The molecule has 2 aliphatic heterocycles. The van der Waals surface area contributed by atoms with Crippen LogP contribution in [0, 0.1) is 0 Å². The highest BCUT2D eigenvalue weighted by atomic mass is 31.2. The summed E-state index contributed by atoms with van der Waals surface area (Å²) in [7, 11) is -2.29. The van der Waals surface area contributed by atoms with Gasteiger partial charge in [0.15, 0.2) is 5.66 Å². The first-order chi connectivity index (χ1) is 17.7. The van der Waals surface area contributed by atoms with Crippen molar-refractivity contribution in [2.75, 3.05) is 26.2 Å². The van der Waals surface area contributed by atoms with E-state index in [0.717, 1.165) is 12.8 Å². The molecule has 0 bridgehead atoms. The molecule has 0 spiro atoms. The lowest BCUT2D eigenvalue weighted by atomic mass is 10.2. The summed E-state index contributed by atoms with van der Waals surface area (Å²) in [6.45, 7) is 5.63. The van der Waals surface area contributed by atoms with Crippen molar-refractivity contribution in [2.45, 2.75) is 24.5 Å². The predicted molar refractivity (Wildman–Crippen MR) is 147 cm³/mol. The van der Waals surface area contributed by atoms with Crippen molar-refractivity contribution in [1.82, 2.24) is 9.80 Å². The van der Waals surface area contributed by atoms with Crippen LogP contribution in [0.2, 0.25) is 0 Å². The van der Waals surface area contributed by atoms with Crippen molar-refractivity contribution >= 4 is 35.2 Å². The molecule has 5 nitrogen and oxygen atoms in total. The molecular formula is C30H32N2O3P+. The zero-order valence-corrected chi connectivity index (χ0v) is 21.3. The molecule has 2 fully saturated rings. The van der Waals surface area contributed by atoms with Gasteiger partial charge in [-0.05, 0) is 42.8 Å². The Labute approximate surface area is 213 Å². The highest BCUT2D eigenvalue weighted by Gasteiger charge is 2.59. The van der Waals surface area contributed by atoms with Gasteiger partial charge in [0.05, 0.1) is 6.04 Å². The van der Waals surface area contributed by atoms with Crippen molar-refractivity contribution in [3.05, 3.63) is 104 Å². The van der Waals surface area contributed by atoms with Gasteiger partial charge >= 0.3 is 6.09 Å². The van der Waals surface area contributed by atoms with Gasteiger partial charge in [0.2, 0.25) is 0 Å². The van der Waals surface area contributed by atoms with E-state index in [0.29, 0.717) is 19.6 Å². The maximum absolute atomic E-state index is 14.3. The van der Waals surface area contributed by atoms with Crippen LogP contribution >= 0.6 is 7.26 Å². The first-order valence-corrected chi connectivity index (χ1v) is 14.4. The Bertz CT molecular complexity index is 1110. The lowest BCUT2D eigenvalue weighted by molar-refractivity contribution is -0.129. The number of hydrogen-bond donors (Lipinski definition) is 0. The molecule has 0 saturated carbocycles. The Hall–Kier alpha value is -3.43. The quantitative estimate of drug-likeness (QED) is 0.365. The molecule has 6 heteroatoms. The lowest BCUT2D eigenvalue weighted by Crippen LogP contribution is -2.45. The van der Waals surface area contributed by atoms with E-state index in [2.05, 4.69) is 79.4 Å². The number of likely N-dealkylation sites (tertiary alicyclic amines) is 2. The molecule has 36 heavy (non-hydrogen) atoms. The van der Waals surface area contributed by atoms with E-state index in [4.69, 9.17) is 4.74 Å². The normalized spacial score (nSPS) is 19.9. The van der Waals surface area contributed by atoms with E-state index in [1.54, 1.807) is 11.0 Å². The second-order valence-electron chi connectivity index (χ2n) is 9.32. The van der Waals surface area contributed by atoms with Gasteiger partial charge < -0.3 is 14.5 Å². The third-order valence-electron chi connectivity index (χ3n) is 7.36. The fourth-order valence-corrected chi connectivity index (χ4v) is 10.7. The number of rotatable bonds is 7. The summed E-state index contributed by atoms with van der Waals surface area (Å²) in [6, 6.07) is 31.8. The van der Waals surface area contributed by atoms with Crippen LogP contribution in [0.15, 0.2) is 104 Å². The van der Waals surface area contributed by atoms with Crippen molar-refractivity contribution in [2.24, 2.45) is 0 Å². The molecule has 2 aliphatic rings. The van der Waals surface area contributed by atoms with Gasteiger partial charge in [-0.1, -0.05) is 67.3 Å². The lowest BCUT2D eigenvalue weighted by Gasteiger charge is -2.32. The van der Waals surface area contributed by atoms with Crippen molar-refractivity contribution in [3.8, 4) is 0 Å². The maximum atomic E-state index is 14.3. The third kappa shape index (κ3) is 4.33. The molecular weight excluding hydrogens is 467 g/mol. The van der Waals surface area contributed by atoms with Crippen LogP contribution in [0.3, 0.4) is 0 Å². The van der Waals surface area contributed by atoms with Crippen LogP contribution in [-0.4, -0.2) is 59.7 Å². The number of ether oxygens (including phenoxy) is 1. The molecule has 5 rings (SSSR count). The van der Waals surface area contributed by atoms with Gasteiger partial charge in [-0.25, -0.2) is 4.79 Å². The van der Waals surface area contributed by atoms with Gasteiger partial charge in [0, 0.05) is 26.1 Å². The second kappa shape index (κ2) is 10.7. The molecule has 1 unspecified atom stereocenters. The number of carbonyl (C=O) groups is 2. The number of benzene rings is 3. The van der Waals surface area contributed by atoms with Crippen LogP contribution in [0.5, 0.6) is 0 Å². The zero-order chi connectivity index (χ0) is 25.0. The molecule has 2 atom stereocenters. The average molecular weight is 500 g/mol. The largest absolute Gasteiger partial charge is 0.445 e. The smallest absolute Gasteiger partial charge is 0.410 e. The van der Waals surface area contributed by atoms with Crippen molar-refractivity contribution in [3.63, 3.8) is 0 Å². The minimum Gasteiger partial charge on any atom is -0.445 e. The molecule has 2 heterocycles. The van der Waals surface area contributed by atoms with Crippen LogP contribution < -0.4 is 15.9 Å². The summed E-state index contributed by atoms with van der Waals surface area (Å²) in [6.07, 6.45) is 2.80. The predicted octanol–water partition coefficient (Wildman–Crippen LogP) is 3.98. The third-order valence-corrected chi connectivity index (χ3v) is 12.1. The van der Waals surface area contributed by atoms with E-state index in [1.165, 1.54) is 15.9 Å². The summed E-state index contributed by atoms with van der Waals surface area (Å²) in [4.78, 5) is 30.4. The summed E-state index contributed by atoms with van der Waals surface area (Å²) in [5.74, 6) is 0.200. The number of amides is 2. The van der Waals surface area contributed by atoms with Crippen molar-refractivity contribution < 1.29 is 14.3 Å². The number of nitrogens with zero attached hydrogens (tertiary/aromatic N) is 2. The topological polar surface area (TPSA) is 49.9 Å². The Morgan fingerprint density at radius 3 is 1.89 bits per heavy atom. The van der Waals surface area contributed by atoms with Gasteiger partial charge in [-0.2, -0.15) is 0 Å². The molecule has 0 aliphatic carbocycles. The molecule has 2 amide bonds. The highest BCUT2D eigenvalue weighted by molar-refractivity contribution is 7.96. The summed E-state index contributed by atoms with van der Waals surface area (Å²) < 4.78 is 5.23. The minimum atomic E-state index is -2.29. The molecule has 0 N–H and O–H groups in total. The monoisotopic (exact) mass is 499 g/mol. The average Bonchev–Trinajstić information content (AvgIpc) is 3.57. The molecule has 0 aromatic heterocycles. The molecule has 3 aromatic rings. The minimum absolute atomic E-state index is 0.0167. The Morgan fingerprint density at radius 1 is 0.861 bits per heavy atom. The molecule has 0 radical (unpaired) electrons. The summed E-state index contributed by atoms with van der Waals surface area (Å²) in [5, 5.41) is 3.68. The van der Waals surface area contributed by atoms with Crippen molar-refractivity contribution in [1.29, 1.82) is 0 Å². The molecule has 2 saturated heterocycles. The van der Waals surface area contributed by atoms with Gasteiger partial charge in [0.25, 0.3) is 5.91 Å². The van der Waals surface area contributed by atoms with Gasteiger partial charge in [-0.3, -0.25) is 4.79 Å². The van der Waals surface area contributed by atoms with Crippen LogP contribution in [0.4, 0.5) is 4.79 Å². The summed E-state index contributed by atoms with van der Waals surface area (Å²) >= 11 is 0. The maximum Gasteiger partial charge on any atom is 0.410 e. The van der Waals surface area contributed by atoms with E-state index in [9.17, 15) is 9.59 Å². The Kier molecular flexibility index (Phi) is 7.20. The van der Waals surface area contributed by atoms with E-state index in [1.807, 2.05) is 23.1 Å². The number of carbonyl (C=O) groups excluding carboxylic acids is 2. The van der Waals surface area contributed by atoms with Crippen LogP contribution in [-0.2, 0) is 9.53 Å². The SMILES string of the molecule is C=CCOC(=O)N1CC[C@@H](N2CCC([P+](c3ccccc3)(c3ccccc3)c3ccccc3)C2=O)C1. The van der Waals surface area contributed by atoms with E-state index < -0.39 is 7.26 Å². The summed E-state index contributed by atoms with van der Waals surface area (Å²) in [5.41, 5.74) is -0.147. The Morgan fingerprint density at radius 2 is 1.39 bits per heavy atom. The second-order valence-corrected chi connectivity index (χ2v) is 12.9. The fourth-order valence-electron chi connectivity index (χ4n) is 5.77.